The summed E-state index contributed by atoms with van der Waals surface area (Å²) in [6.07, 6.45) is 65.9. The average Bonchev–Trinajstić information content (AvgIpc) is 3.33. The molecule has 0 radical (unpaired) electrons. The highest BCUT2D eigenvalue weighted by Crippen LogP contribution is 2.17. The lowest BCUT2D eigenvalue weighted by molar-refractivity contribution is -0.167. The van der Waals surface area contributed by atoms with Crippen LogP contribution >= 0.6 is 0 Å². The van der Waals surface area contributed by atoms with Crippen molar-refractivity contribution in [2.75, 3.05) is 13.2 Å². The molecule has 0 unspecified atom stereocenters. The highest BCUT2D eigenvalue weighted by molar-refractivity contribution is 5.71. The third-order valence-corrected chi connectivity index (χ3v) is 13.5. The molecular formula is C61H114O6. The molecule has 0 amide bonds. The number of ether oxygens (including phenoxy) is 3. The Morgan fingerprint density at radius 1 is 0.299 bits per heavy atom. The molecule has 0 aliphatic rings. The van der Waals surface area contributed by atoms with E-state index in [0.29, 0.717) is 19.3 Å². The predicted octanol–water partition coefficient (Wildman–Crippen LogP) is 19.9. The molecule has 0 aromatic carbocycles. The number of carbonyl (C=O) groups is 3. The molecule has 0 N–H and O–H groups in total. The van der Waals surface area contributed by atoms with Crippen LogP contribution in [0.3, 0.4) is 0 Å². The molecule has 0 aliphatic heterocycles. The van der Waals surface area contributed by atoms with Crippen molar-refractivity contribution in [3.8, 4) is 0 Å². The van der Waals surface area contributed by atoms with Crippen LogP contribution in [0.4, 0.5) is 0 Å². The molecular weight excluding hydrogens is 829 g/mol. The van der Waals surface area contributed by atoms with Gasteiger partial charge < -0.3 is 14.2 Å². The van der Waals surface area contributed by atoms with Crippen molar-refractivity contribution in [1.29, 1.82) is 0 Å². The SMILES string of the molecule is CCCCC/C=C\C/C=C\CCCCCCCCCCCC(=O)OC[C@H](COC(=O)CCCCCCCCCCCCCCCCC)OC(=O)CCCCCCCCCCCCCCCCC. The van der Waals surface area contributed by atoms with Crippen molar-refractivity contribution in [2.45, 2.75) is 335 Å². The molecule has 0 fully saturated rings. The zero-order valence-corrected chi connectivity index (χ0v) is 45.2. The van der Waals surface area contributed by atoms with Gasteiger partial charge >= 0.3 is 17.9 Å². The Hall–Kier alpha value is -2.11. The summed E-state index contributed by atoms with van der Waals surface area (Å²) in [5.41, 5.74) is 0. The Labute approximate surface area is 417 Å². The number of unbranched alkanes of at least 4 members (excludes halogenated alkanes) is 40. The Morgan fingerprint density at radius 2 is 0.537 bits per heavy atom. The molecule has 0 aliphatic carbocycles. The van der Waals surface area contributed by atoms with Gasteiger partial charge in [0.1, 0.15) is 13.2 Å². The zero-order chi connectivity index (χ0) is 48.6. The van der Waals surface area contributed by atoms with Gasteiger partial charge in [-0.15, -0.1) is 0 Å². The number of esters is 3. The molecule has 394 valence electrons. The molecule has 0 spiro atoms. The summed E-state index contributed by atoms with van der Waals surface area (Å²) >= 11 is 0. The first-order chi connectivity index (χ1) is 33.0. The second-order valence-corrected chi connectivity index (χ2v) is 20.3. The van der Waals surface area contributed by atoms with Crippen molar-refractivity contribution >= 4 is 17.9 Å². The lowest BCUT2D eigenvalue weighted by Crippen LogP contribution is -2.30. The number of allylic oxidation sites excluding steroid dienone is 4. The maximum absolute atomic E-state index is 12.9. The third kappa shape index (κ3) is 54.7. The molecule has 6 nitrogen and oxygen atoms in total. The Bertz CT molecular complexity index is 1080. The van der Waals surface area contributed by atoms with E-state index in [-0.39, 0.29) is 31.1 Å². The minimum Gasteiger partial charge on any atom is -0.462 e. The van der Waals surface area contributed by atoms with E-state index in [2.05, 4.69) is 45.1 Å². The van der Waals surface area contributed by atoms with Crippen LogP contribution in [-0.4, -0.2) is 37.2 Å². The minimum atomic E-state index is -0.768. The maximum atomic E-state index is 12.9. The topological polar surface area (TPSA) is 78.9 Å². The van der Waals surface area contributed by atoms with Crippen LogP contribution in [0, 0.1) is 0 Å². The molecule has 1 atom stereocenters. The molecule has 0 saturated heterocycles. The van der Waals surface area contributed by atoms with Gasteiger partial charge in [-0.25, -0.2) is 0 Å². The summed E-state index contributed by atoms with van der Waals surface area (Å²) < 4.78 is 16.9. The monoisotopic (exact) mass is 943 g/mol. The minimum absolute atomic E-state index is 0.0665. The average molecular weight is 944 g/mol. The normalized spacial score (nSPS) is 12.1. The van der Waals surface area contributed by atoms with Crippen molar-refractivity contribution < 1.29 is 28.6 Å². The van der Waals surface area contributed by atoms with Gasteiger partial charge in [-0.1, -0.05) is 283 Å². The van der Waals surface area contributed by atoms with Gasteiger partial charge in [0.05, 0.1) is 0 Å². The summed E-state index contributed by atoms with van der Waals surface area (Å²) in [4.78, 5) is 38.2. The molecule has 0 aromatic rings. The van der Waals surface area contributed by atoms with Gasteiger partial charge in [-0.05, 0) is 51.4 Å². The van der Waals surface area contributed by atoms with E-state index in [1.165, 1.54) is 225 Å². The standard InChI is InChI=1S/C61H114O6/c1-4-7-10-13-16-19-22-25-28-29-30-31-34-36-39-42-45-48-51-54-60(63)66-57-58(67-61(64)55-52-49-46-43-40-37-33-27-24-21-18-15-12-9-6-3)56-65-59(62)53-50-47-44-41-38-35-32-26-23-20-17-14-11-8-5-2/h16,19,25,28,58H,4-15,17-18,20-24,26-27,29-57H2,1-3H3/b19-16-,28-25-/t58-/m0/s1. The van der Waals surface area contributed by atoms with Gasteiger partial charge in [-0.3, -0.25) is 14.4 Å². The van der Waals surface area contributed by atoms with Crippen LogP contribution in [0.2, 0.25) is 0 Å². The van der Waals surface area contributed by atoms with Crippen LogP contribution in [0.1, 0.15) is 329 Å². The first kappa shape index (κ1) is 64.9. The summed E-state index contributed by atoms with van der Waals surface area (Å²) in [7, 11) is 0. The molecule has 67 heavy (non-hydrogen) atoms. The Morgan fingerprint density at radius 3 is 0.851 bits per heavy atom. The lowest BCUT2D eigenvalue weighted by atomic mass is 10.0. The largest absolute Gasteiger partial charge is 0.462 e. The van der Waals surface area contributed by atoms with Crippen molar-refractivity contribution in [3.05, 3.63) is 24.3 Å². The van der Waals surface area contributed by atoms with E-state index in [4.69, 9.17) is 14.2 Å². The zero-order valence-electron chi connectivity index (χ0n) is 45.2. The lowest BCUT2D eigenvalue weighted by Gasteiger charge is -2.18. The predicted molar refractivity (Wildman–Crippen MR) is 289 cm³/mol. The van der Waals surface area contributed by atoms with Crippen LogP contribution in [0.5, 0.6) is 0 Å². The molecule has 6 heteroatoms. The van der Waals surface area contributed by atoms with E-state index < -0.39 is 6.10 Å². The highest BCUT2D eigenvalue weighted by Gasteiger charge is 2.19. The van der Waals surface area contributed by atoms with Gasteiger partial charge in [0.15, 0.2) is 6.10 Å². The van der Waals surface area contributed by atoms with Crippen molar-refractivity contribution in [3.63, 3.8) is 0 Å². The van der Waals surface area contributed by atoms with Crippen molar-refractivity contribution in [1.82, 2.24) is 0 Å². The Kier molecular flexibility index (Phi) is 54.7. The van der Waals surface area contributed by atoms with E-state index in [9.17, 15) is 14.4 Å². The number of carbonyl (C=O) groups excluding carboxylic acids is 3. The summed E-state index contributed by atoms with van der Waals surface area (Å²) in [5.74, 6) is -0.847. The number of hydrogen-bond donors (Lipinski definition) is 0. The van der Waals surface area contributed by atoms with E-state index in [1.807, 2.05) is 0 Å². The van der Waals surface area contributed by atoms with Crippen LogP contribution in [0.15, 0.2) is 24.3 Å². The first-order valence-corrected chi connectivity index (χ1v) is 29.8. The van der Waals surface area contributed by atoms with E-state index in [1.54, 1.807) is 0 Å². The smallest absolute Gasteiger partial charge is 0.306 e. The van der Waals surface area contributed by atoms with Gasteiger partial charge in [0, 0.05) is 19.3 Å². The van der Waals surface area contributed by atoms with Crippen LogP contribution in [-0.2, 0) is 28.6 Å². The second kappa shape index (κ2) is 56.5. The fourth-order valence-electron chi connectivity index (χ4n) is 8.95. The van der Waals surface area contributed by atoms with Crippen LogP contribution in [0.25, 0.3) is 0 Å². The molecule has 0 bridgehead atoms. The summed E-state index contributed by atoms with van der Waals surface area (Å²) in [6.45, 7) is 6.67. The van der Waals surface area contributed by atoms with Crippen molar-refractivity contribution in [2.24, 2.45) is 0 Å². The van der Waals surface area contributed by atoms with Gasteiger partial charge in [0.2, 0.25) is 0 Å². The molecule has 0 aromatic heterocycles. The van der Waals surface area contributed by atoms with Crippen LogP contribution < -0.4 is 0 Å². The fourth-order valence-corrected chi connectivity index (χ4v) is 8.95. The Balaban J connectivity index is 4.31. The molecule has 0 heterocycles. The maximum Gasteiger partial charge on any atom is 0.306 e. The summed E-state index contributed by atoms with van der Waals surface area (Å²) in [5, 5.41) is 0. The van der Waals surface area contributed by atoms with Gasteiger partial charge in [0.25, 0.3) is 0 Å². The quantitative estimate of drug-likeness (QED) is 0.0262. The molecule has 0 rings (SSSR count). The highest BCUT2D eigenvalue weighted by atomic mass is 16.6. The number of hydrogen-bond acceptors (Lipinski definition) is 6. The second-order valence-electron chi connectivity index (χ2n) is 20.3. The number of rotatable bonds is 55. The summed E-state index contributed by atoms with van der Waals surface area (Å²) in [6, 6.07) is 0. The first-order valence-electron chi connectivity index (χ1n) is 29.8. The third-order valence-electron chi connectivity index (χ3n) is 13.5. The van der Waals surface area contributed by atoms with E-state index in [0.717, 1.165) is 64.2 Å². The fraction of sp³-hybridized carbons (Fsp3) is 0.885. The van der Waals surface area contributed by atoms with E-state index >= 15 is 0 Å². The molecule has 0 saturated carbocycles. The van der Waals surface area contributed by atoms with Gasteiger partial charge in [-0.2, -0.15) is 0 Å².